The van der Waals surface area contributed by atoms with Gasteiger partial charge in [-0.25, -0.2) is 0 Å². The average Bonchev–Trinajstić information content (AvgIpc) is 2.28. The molecule has 1 heterocycles. The monoisotopic (exact) mass is 327 g/mol. The van der Waals surface area contributed by atoms with Crippen molar-refractivity contribution in [3.8, 4) is 0 Å². The molecule has 0 bridgehead atoms. The van der Waals surface area contributed by atoms with E-state index in [0.29, 0.717) is 12.5 Å². The van der Waals surface area contributed by atoms with E-state index in [2.05, 4.69) is 24.1 Å². The van der Waals surface area contributed by atoms with E-state index in [1.54, 1.807) is 0 Å². The lowest BCUT2D eigenvalue weighted by Gasteiger charge is -2.33. The van der Waals surface area contributed by atoms with Gasteiger partial charge in [0.25, 0.3) is 0 Å². The Morgan fingerprint density at radius 1 is 1.25 bits per heavy atom. The fourth-order valence-corrected chi connectivity index (χ4v) is 2.43. The third-order valence-electron chi connectivity index (χ3n) is 3.40. The minimum atomic E-state index is 0. The average molecular weight is 328 g/mol. The van der Waals surface area contributed by atoms with Crippen molar-refractivity contribution in [2.75, 3.05) is 19.6 Å². The van der Waals surface area contributed by atoms with Crippen LogP contribution < -0.4 is 11.1 Å². The molecule has 0 aromatic rings. The number of nitrogens with two attached hydrogens (primary N) is 1. The lowest BCUT2D eigenvalue weighted by molar-refractivity contribution is -0.122. The summed E-state index contributed by atoms with van der Waals surface area (Å²) >= 11 is 0. The molecule has 1 atom stereocenters. The quantitative estimate of drug-likeness (QED) is 0.786. The molecule has 1 fully saturated rings. The van der Waals surface area contributed by atoms with Crippen LogP contribution in [-0.4, -0.2) is 42.5 Å². The predicted molar refractivity (Wildman–Crippen MR) is 89.8 cm³/mol. The Morgan fingerprint density at radius 2 is 1.80 bits per heavy atom. The SMILES string of the molecule is CC(C)CN1CCC(NC(=O)CCC(C)N)CC1.Cl.Cl. The zero-order valence-corrected chi connectivity index (χ0v) is 14.6. The van der Waals surface area contributed by atoms with Gasteiger partial charge in [-0.05, 0) is 32.1 Å². The van der Waals surface area contributed by atoms with E-state index in [0.717, 1.165) is 38.3 Å². The van der Waals surface area contributed by atoms with E-state index >= 15 is 0 Å². The minimum Gasteiger partial charge on any atom is -0.353 e. The van der Waals surface area contributed by atoms with Crippen molar-refractivity contribution in [1.82, 2.24) is 10.2 Å². The fourth-order valence-electron chi connectivity index (χ4n) is 2.43. The molecule has 1 aliphatic heterocycles. The summed E-state index contributed by atoms with van der Waals surface area (Å²) < 4.78 is 0. The van der Waals surface area contributed by atoms with Crippen LogP contribution in [0.25, 0.3) is 0 Å². The highest BCUT2D eigenvalue weighted by atomic mass is 35.5. The van der Waals surface area contributed by atoms with Gasteiger partial charge in [-0.1, -0.05) is 13.8 Å². The first-order chi connectivity index (χ1) is 8.47. The highest BCUT2D eigenvalue weighted by Crippen LogP contribution is 2.12. The van der Waals surface area contributed by atoms with Gasteiger partial charge in [-0.3, -0.25) is 4.79 Å². The molecule has 1 unspecified atom stereocenters. The van der Waals surface area contributed by atoms with Gasteiger partial charge in [-0.2, -0.15) is 0 Å². The molecule has 1 rings (SSSR count). The molecule has 1 aliphatic rings. The summed E-state index contributed by atoms with van der Waals surface area (Å²) in [6.45, 7) is 9.83. The molecule has 122 valence electrons. The van der Waals surface area contributed by atoms with E-state index in [1.165, 1.54) is 6.54 Å². The van der Waals surface area contributed by atoms with Gasteiger partial charge >= 0.3 is 0 Å². The number of rotatable bonds is 6. The Labute approximate surface area is 136 Å². The Hall–Kier alpha value is -0.0300. The van der Waals surface area contributed by atoms with Crippen LogP contribution in [0.1, 0.15) is 46.5 Å². The molecule has 1 saturated heterocycles. The van der Waals surface area contributed by atoms with Gasteiger partial charge in [0.05, 0.1) is 0 Å². The second-order valence-electron chi connectivity index (χ2n) is 6.05. The number of halogens is 2. The van der Waals surface area contributed by atoms with Crippen molar-refractivity contribution in [1.29, 1.82) is 0 Å². The largest absolute Gasteiger partial charge is 0.353 e. The first-order valence-corrected chi connectivity index (χ1v) is 7.24. The van der Waals surface area contributed by atoms with Crippen LogP contribution in [0, 0.1) is 5.92 Å². The number of likely N-dealkylation sites (tertiary alicyclic amines) is 1. The standard InChI is InChI=1S/C14H29N3O.2ClH/c1-11(2)10-17-8-6-13(7-9-17)16-14(18)5-4-12(3)15;;/h11-13H,4-10,15H2,1-3H3,(H,16,18);2*1H. The van der Waals surface area contributed by atoms with Crippen LogP contribution >= 0.6 is 24.8 Å². The molecular weight excluding hydrogens is 297 g/mol. The number of nitrogens with one attached hydrogen (secondary N) is 1. The van der Waals surface area contributed by atoms with E-state index < -0.39 is 0 Å². The second kappa shape index (κ2) is 11.6. The highest BCUT2D eigenvalue weighted by Gasteiger charge is 2.20. The predicted octanol–water partition coefficient (Wildman–Crippen LogP) is 2.19. The van der Waals surface area contributed by atoms with E-state index in [1.807, 2.05) is 6.92 Å². The van der Waals surface area contributed by atoms with Gasteiger partial charge in [0, 0.05) is 38.1 Å². The van der Waals surface area contributed by atoms with Crippen molar-refractivity contribution in [3.05, 3.63) is 0 Å². The Balaban J connectivity index is 0. The van der Waals surface area contributed by atoms with Gasteiger partial charge in [0.1, 0.15) is 0 Å². The minimum absolute atomic E-state index is 0. The molecule has 6 heteroatoms. The van der Waals surface area contributed by atoms with Crippen LogP contribution in [0.2, 0.25) is 0 Å². The van der Waals surface area contributed by atoms with Crippen LogP contribution in [-0.2, 0) is 4.79 Å². The van der Waals surface area contributed by atoms with Crippen LogP contribution in [0.5, 0.6) is 0 Å². The summed E-state index contributed by atoms with van der Waals surface area (Å²) in [5.41, 5.74) is 5.65. The lowest BCUT2D eigenvalue weighted by atomic mass is 10.0. The maximum absolute atomic E-state index is 11.7. The summed E-state index contributed by atoms with van der Waals surface area (Å²) in [6, 6.07) is 0.484. The maximum Gasteiger partial charge on any atom is 0.220 e. The molecule has 0 spiro atoms. The summed E-state index contributed by atoms with van der Waals surface area (Å²) in [5, 5.41) is 3.13. The number of carbonyl (C=O) groups is 1. The smallest absolute Gasteiger partial charge is 0.220 e. The van der Waals surface area contributed by atoms with Crippen molar-refractivity contribution in [3.63, 3.8) is 0 Å². The van der Waals surface area contributed by atoms with E-state index in [9.17, 15) is 4.79 Å². The van der Waals surface area contributed by atoms with E-state index in [-0.39, 0.29) is 36.8 Å². The van der Waals surface area contributed by atoms with Crippen LogP contribution in [0.3, 0.4) is 0 Å². The van der Waals surface area contributed by atoms with Gasteiger partial charge in [0.2, 0.25) is 5.91 Å². The number of hydrogen-bond donors (Lipinski definition) is 2. The third kappa shape index (κ3) is 9.81. The number of piperidine rings is 1. The van der Waals surface area contributed by atoms with Crippen LogP contribution in [0.4, 0.5) is 0 Å². The summed E-state index contributed by atoms with van der Waals surface area (Å²) in [7, 11) is 0. The molecule has 3 N–H and O–H groups in total. The lowest BCUT2D eigenvalue weighted by Crippen LogP contribution is -2.45. The Morgan fingerprint density at radius 3 is 2.25 bits per heavy atom. The van der Waals surface area contributed by atoms with Crippen molar-refractivity contribution in [2.24, 2.45) is 11.7 Å². The molecule has 0 radical (unpaired) electrons. The molecule has 20 heavy (non-hydrogen) atoms. The zero-order valence-electron chi connectivity index (χ0n) is 12.9. The number of carbonyl (C=O) groups excluding carboxylic acids is 1. The number of amides is 1. The van der Waals surface area contributed by atoms with Crippen LogP contribution in [0.15, 0.2) is 0 Å². The molecule has 1 amide bonds. The molecule has 0 aromatic carbocycles. The van der Waals surface area contributed by atoms with Crippen molar-refractivity contribution < 1.29 is 4.79 Å². The first kappa shape index (κ1) is 22.3. The van der Waals surface area contributed by atoms with Gasteiger partial charge < -0.3 is 16.0 Å². The third-order valence-corrected chi connectivity index (χ3v) is 3.40. The van der Waals surface area contributed by atoms with Gasteiger partial charge in [0.15, 0.2) is 0 Å². The maximum atomic E-state index is 11.7. The van der Waals surface area contributed by atoms with Crippen molar-refractivity contribution in [2.45, 2.75) is 58.5 Å². The first-order valence-electron chi connectivity index (χ1n) is 7.24. The number of nitrogens with zero attached hydrogens (tertiary/aromatic N) is 1. The van der Waals surface area contributed by atoms with E-state index in [4.69, 9.17) is 5.73 Å². The summed E-state index contributed by atoms with van der Waals surface area (Å²) in [6.07, 6.45) is 3.50. The number of hydrogen-bond acceptors (Lipinski definition) is 3. The zero-order chi connectivity index (χ0) is 13.5. The Bertz CT molecular complexity index is 255. The molecule has 0 aromatic heterocycles. The fraction of sp³-hybridized carbons (Fsp3) is 0.929. The molecule has 0 aliphatic carbocycles. The van der Waals surface area contributed by atoms with Gasteiger partial charge in [-0.15, -0.1) is 24.8 Å². The summed E-state index contributed by atoms with van der Waals surface area (Å²) in [5.74, 6) is 0.886. The topological polar surface area (TPSA) is 58.4 Å². The molecule has 0 saturated carbocycles. The second-order valence-corrected chi connectivity index (χ2v) is 6.05. The molecule has 4 nitrogen and oxygen atoms in total. The normalized spacial score (nSPS) is 18.1. The molecular formula is C14H31Cl2N3O. The Kier molecular flexibility index (Phi) is 12.9. The summed E-state index contributed by atoms with van der Waals surface area (Å²) in [4.78, 5) is 14.2. The highest BCUT2D eigenvalue weighted by molar-refractivity contribution is 5.85. The van der Waals surface area contributed by atoms with Crippen molar-refractivity contribution >= 4 is 30.7 Å².